The van der Waals surface area contributed by atoms with Gasteiger partial charge in [0.15, 0.2) is 0 Å². The summed E-state index contributed by atoms with van der Waals surface area (Å²) in [7, 11) is 1.57. The highest BCUT2D eigenvalue weighted by Gasteiger charge is 2.50. The van der Waals surface area contributed by atoms with Crippen molar-refractivity contribution in [1.82, 2.24) is 15.5 Å². The lowest BCUT2D eigenvalue weighted by molar-refractivity contribution is -0.141. The molecule has 0 bridgehead atoms. The first-order valence-corrected chi connectivity index (χ1v) is 15.2. The minimum Gasteiger partial charge on any atom is -0.497 e. The Labute approximate surface area is 248 Å². The van der Waals surface area contributed by atoms with Crippen molar-refractivity contribution < 1.29 is 27.5 Å². The Bertz CT molecular complexity index is 1160. The van der Waals surface area contributed by atoms with Crippen LogP contribution in [0.2, 0.25) is 0 Å². The highest BCUT2D eigenvalue weighted by Crippen LogP contribution is 2.54. The molecule has 9 heteroatoms. The molecule has 0 aromatic heterocycles. The zero-order chi connectivity index (χ0) is 30.6. The monoisotopic (exact) mass is 589 g/mol. The summed E-state index contributed by atoms with van der Waals surface area (Å²) in [5, 5.41) is 5.20. The highest BCUT2D eigenvalue weighted by molar-refractivity contribution is 6.00. The lowest BCUT2D eigenvalue weighted by Gasteiger charge is -2.34. The zero-order valence-corrected chi connectivity index (χ0v) is 25.2. The number of methoxy groups -OCH3 is 1. The summed E-state index contributed by atoms with van der Waals surface area (Å²) < 4.78 is 44.5. The third kappa shape index (κ3) is 8.72. The van der Waals surface area contributed by atoms with Crippen LogP contribution < -0.4 is 10.6 Å². The van der Waals surface area contributed by atoms with Gasteiger partial charge in [-0.05, 0) is 106 Å². The van der Waals surface area contributed by atoms with Gasteiger partial charge in [0.2, 0.25) is 11.8 Å². The number of benzene rings is 1. The summed E-state index contributed by atoms with van der Waals surface area (Å²) >= 11 is 0. The molecule has 2 amide bonds. The predicted molar refractivity (Wildman–Crippen MR) is 161 cm³/mol. The van der Waals surface area contributed by atoms with Crippen molar-refractivity contribution >= 4 is 17.4 Å². The van der Waals surface area contributed by atoms with Gasteiger partial charge in [0.25, 0.3) is 0 Å². The molecule has 0 aliphatic heterocycles. The predicted octanol–water partition coefficient (Wildman–Crippen LogP) is 6.44. The average molecular weight is 590 g/mol. The van der Waals surface area contributed by atoms with E-state index in [9.17, 15) is 22.8 Å². The standard InChI is InChI=1S/C33H46F3N3O3/c1-4-13-25(42-3)18-19-30(40)37-21-12-23-39(5-2)22-11-10-20-32(31(41)38-24-33(34,35)36)28-16-8-6-14-26(28)27-15-7-9-17-29(27)32/h4,6,8,13-14,16,18H,5,7,9-12,15,17,19-24H2,1-3H3,(H,37,40)(H,38,41)/b13-4-,25-18+. The van der Waals surface area contributed by atoms with Gasteiger partial charge in [0.1, 0.15) is 12.3 Å². The van der Waals surface area contributed by atoms with E-state index in [1.54, 1.807) is 19.3 Å². The average Bonchev–Trinajstić information content (AvgIpc) is 3.27. The van der Waals surface area contributed by atoms with E-state index in [1.807, 2.05) is 37.3 Å². The zero-order valence-electron chi connectivity index (χ0n) is 25.2. The lowest BCUT2D eigenvalue weighted by Crippen LogP contribution is -2.48. The van der Waals surface area contributed by atoms with Gasteiger partial charge in [0.05, 0.1) is 12.5 Å². The molecule has 1 aromatic carbocycles. The van der Waals surface area contributed by atoms with Crippen LogP contribution in [0.15, 0.2) is 53.8 Å². The van der Waals surface area contributed by atoms with E-state index in [0.717, 1.165) is 86.9 Å². The molecule has 0 fully saturated rings. The number of halogens is 3. The van der Waals surface area contributed by atoms with Crippen LogP contribution in [-0.4, -0.2) is 62.7 Å². The first kappa shape index (κ1) is 33.4. The van der Waals surface area contributed by atoms with E-state index in [4.69, 9.17) is 4.74 Å². The topological polar surface area (TPSA) is 70.7 Å². The Balaban J connectivity index is 1.57. The minimum absolute atomic E-state index is 0.0561. The fraction of sp³-hybridized carbons (Fsp3) is 0.576. The Kier molecular flexibility index (Phi) is 12.7. The summed E-state index contributed by atoms with van der Waals surface area (Å²) in [5.74, 6) is 0.0707. The number of nitrogens with zero attached hydrogens (tertiary/aromatic N) is 1. The van der Waals surface area contributed by atoms with E-state index in [1.165, 1.54) is 0 Å². The van der Waals surface area contributed by atoms with Crippen molar-refractivity contribution in [3.05, 3.63) is 65.0 Å². The van der Waals surface area contributed by atoms with Gasteiger partial charge in [-0.2, -0.15) is 13.2 Å². The van der Waals surface area contributed by atoms with Crippen molar-refractivity contribution in [2.24, 2.45) is 0 Å². The maximum absolute atomic E-state index is 13.7. The van der Waals surface area contributed by atoms with Gasteiger partial charge in [-0.15, -0.1) is 0 Å². The number of allylic oxidation sites excluding steroid dienone is 3. The second kappa shape index (κ2) is 16.0. The van der Waals surface area contributed by atoms with Crippen LogP contribution in [0.1, 0.15) is 82.8 Å². The van der Waals surface area contributed by atoms with Gasteiger partial charge in [-0.1, -0.05) is 43.7 Å². The second-order valence-electron chi connectivity index (χ2n) is 11.0. The van der Waals surface area contributed by atoms with Gasteiger partial charge < -0.3 is 20.3 Å². The molecule has 1 unspecified atom stereocenters. The van der Waals surface area contributed by atoms with Crippen LogP contribution in [-0.2, 0) is 19.7 Å². The molecule has 0 saturated carbocycles. The molecule has 2 aliphatic carbocycles. The quantitative estimate of drug-likeness (QED) is 0.132. The molecule has 1 aromatic rings. The van der Waals surface area contributed by atoms with Crippen LogP contribution in [0.4, 0.5) is 13.2 Å². The van der Waals surface area contributed by atoms with Crippen molar-refractivity contribution in [2.45, 2.75) is 83.2 Å². The summed E-state index contributed by atoms with van der Waals surface area (Å²) in [4.78, 5) is 28.1. The van der Waals surface area contributed by atoms with Crippen LogP contribution >= 0.6 is 0 Å². The normalized spacial score (nSPS) is 18.8. The molecule has 0 heterocycles. The Morgan fingerprint density at radius 2 is 1.81 bits per heavy atom. The number of carbonyl (C=O) groups excluding carboxylic acids is 2. The van der Waals surface area contributed by atoms with Crippen LogP contribution in [0.3, 0.4) is 0 Å². The maximum Gasteiger partial charge on any atom is 0.405 e. The summed E-state index contributed by atoms with van der Waals surface area (Å²) in [6.07, 6.45) is 7.63. The van der Waals surface area contributed by atoms with E-state index in [2.05, 4.69) is 22.5 Å². The molecular weight excluding hydrogens is 543 g/mol. The lowest BCUT2D eigenvalue weighted by atomic mass is 9.70. The fourth-order valence-electron chi connectivity index (χ4n) is 6.28. The van der Waals surface area contributed by atoms with Gasteiger partial charge in [-0.3, -0.25) is 9.59 Å². The summed E-state index contributed by atoms with van der Waals surface area (Å²) in [6, 6.07) is 7.78. The van der Waals surface area contributed by atoms with Crippen molar-refractivity contribution in [2.75, 3.05) is 39.8 Å². The fourth-order valence-corrected chi connectivity index (χ4v) is 6.28. The molecule has 0 spiro atoms. The number of alkyl halides is 3. The van der Waals surface area contributed by atoms with E-state index in [-0.39, 0.29) is 12.3 Å². The molecule has 232 valence electrons. The molecule has 1 atom stereocenters. The van der Waals surface area contributed by atoms with Crippen molar-refractivity contribution in [3.63, 3.8) is 0 Å². The third-order valence-electron chi connectivity index (χ3n) is 8.28. The number of hydrogen-bond donors (Lipinski definition) is 2. The number of unbranched alkanes of at least 4 members (excludes halogenated alkanes) is 1. The Morgan fingerprint density at radius 1 is 1.07 bits per heavy atom. The summed E-state index contributed by atoms with van der Waals surface area (Å²) in [5.41, 5.74) is 3.03. The molecule has 3 rings (SSSR count). The molecule has 2 aliphatic rings. The number of carbonyl (C=O) groups is 2. The molecule has 2 N–H and O–H groups in total. The Hall–Kier alpha value is -3.07. The maximum atomic E-state index is 13.7. The highest BCUT2D eigenvalue weighted by atomic mass is 19.4. The number of fused-ring (bicyclic) bond motifs is 2. The number of ether oxygens (including phenoxy) is 1. The van der Waals surface area contributed by atoms with Crippen molar-refractivity contribution in [3.8, 4) is 0 Å². The van der Waals surface area contributed by atoms with Crippen LogP contribution in [0.5, 0.6) is 0 Å². The molecule has 0 radical (unpaired) electrons. The van der Waals surface area contributed by atoms with Crippen molar-refractivity contribution in [1.29, 1.82) is 0 Å². The third-order valence-corrected chi connectivity index (χ3v) is 8.28. The molecule has 6 nitrogen and oxygen atoms in total. The van der Waals surface area contributed by atoms with E-state index >= 15 is 0 Å². The van der Waals surface area contributed by atoms with Crippen LogP contribution in [0.25, 0.3) is 5.57 Å². The summed E-state index contributed by atoms with van der Waals surface area (Å²) in [6.45, 7) is 5.73. The molecular formula is C33H46F3N3O3. The molecule has 0 saturated heterocycles. The smallest absolute Gasteiger partial charge is 0.405 e. The van der Waals surface area contributed by atoms with Gasteiger partial charge >= 0.3 is 6.18 Å². The van der Waals surface area contributed by atoms with Gasteiger partial charge in [0, 0.05) is 13.0 Å². The molecule has 42 heavy (non-hydrogen) atoms. The van der Waals surface area contributed by atoms with Gasteiger partial charge in [-0.25, -0.2) is 0 Å². The largest absolute Gasteiger partial charge is 0.497 e. The number of rotatable bonds is 16. The van der Waals surface area contributed by atoms with E-state index in [0.29, 0.717) is 18.7 Å². The minimum atomic E-state index is -4.46. The number of nitrogens with one attached hydrogen (secondary N) is 2. The SMILES string of the molecule is C/C=C\C(=C/CC(=O)NCCCN(CC)CCCCC1(C(=O)NCC(F)(F)F)C2=C(CCCC2)c2ccccc21)OC. The number of hydrogen-bond acceptors (Lipinski definition) is 4. The number of amides is 2. The van der Waals surface area contributed by atoms with Crippen LogP contribution in [0, 0.1) is 0 Å². The Morgan fingerprint density at radius 3 is 2.52 bits per heavy atom. The second-order valence-corrected chi connectivity index (χ2v) is 11.0. The first-order valence-electron chi connectivity index (χ1n) is 15.2. The van der Waals surface area contributed by atoms with E-state index < -0.39 is 24.0 Å². The first-order chi connectivity index (χ1) is 20.2.